The maximum Gasteiger partial charge on any atom is 0.358 e. The number of carboxylic acids is 1. The van der Waals surface area contributed by atoms with Crippen LogP contribution in [-0.4, -0.2) is 27.7 Å². The first-order chi connectivity index (χ1) is 7.52. The average molecular weight is 226 g/mol. The topological polar surface area (TPSA) is 81.4 Å². The van der Waals surface area contributed by atoms with Crippen LogP contribution in [0.25, 0.3) is 0 Å². The molecule has 0 fully saturated rings. The number of ether oxygens (including phenoxy) is 1. The number of carboxylic acid groups (broad SMARTS) is 1. The molecule has 0 spiro atoms. The fourth-order valence-corrected chi connectivity index (χ4v) is 1.40. The molecule has 1 rings (SSSR count). The van der Waals surface area contributed by atoms with Crippen LogP contribution in [0.15, 0.2) is 4.79 Å². The first-order valence-electron chi connectivity index (χ1n) is 4.90. The average Bonchev–Trinajstić information content (AvgIpc) is 2.24. The van der Waals surface area contributed by atoms with Gasteiger partial charge in [-0.25, -0.2) is 9.78 Å². The number of nitrogens with zero attached hydrogens (tertiary/aromatic N) is 2. The summed E-state index contributed by atoms with van der Waals surface area (Å²) in [6.07, 6.45) is 1.34. The predicted molar refractivity (Wildman–Crippen MR) is 57.0 cm³/mol. The van der Waals surface area contributed by atoms with Crippen LogP contribution in [0.2, 0.25) is 0 Å². The summed E-state index contributed by atoms with van der Waals surface area (Å²) in [6, 6.07) is 0. The van der Waals surface area contributed by atoms with Crippen molar-refractivity contribution in [2.45, 2.75) is 19.8 Å². The molecule has 0 amide bonds. The molecule has 0 saturated heterocycles. The Morgan fingerprint density at radius 1 is 1.56 bits per heavy atom. The highest BCUT2D eigenvalue weighted by molar-refractivity contribution is 5.88. The van der Waals surface area contributed by atoms with E-state index in [1.807, 2.05) is 6.92 Å². The molecule has 0 atom stereocenters. The van der Waals surface area contributed by atoms with E-state index in [1.54, 1.807) is 7.05 Å². The molecule has 88 valence electrons. The van der Waals surface area contributed by atoms with E-state index in [4.69, 9.17) is 9.84 Å². The highest BCUT2D eigenvalue weighted by atomic mass is 16.5. The zero-order valence-electron chi connectivity index (χ0n) is 9.48. The van der Waals surface area contributed by atoms with E-state index in [0.717, 1.165) is 6.42 Å². The molecule has 0 bridgehead atoms. The summed E-state index contributed by atoms with van der Waals surface area (Å²) in [5.74, 6) is -1.03. The van der Waals surface area contributed by atoms with E-state index in [-0.39, 0.29) is 11.4 Å². The smallest absolute Gasteiger partial charge is 0.358 e. The molecule has 0 unspecified atom stereocenters. The zero-order valence-corrected chi connectivity index (χ0v) is 9.48. The van der Waals surface area contributed by atoms with Crippen molar-refractivity contribution < 1.29 is 14.6 Å². The Morgan fingerprint density at radius 2 is 2.19 bits per heavy atom. The Bertz CT molecular complexity index is 465. The highest BCUT2D eigenvalue weighted by Gasteiger charge is 2.19. The molecule has 0 aliphatic heterocycles. The Hall–Kier alpha value is -1.85. The molecule has 0 radical (unpaired) electrons. The number of aryl methyl sites for hydroxylation is 1. The molecule has 1 aromatic rings. The number of hydrogen-bond acceptors (Lipinski definition) is 4. The summed E-state index contributed by atoms with van der Waals surface area (Å²) in [5, 5.41) is 8.91. The number of aromatic nitrogens is 2. The van der Waals surface area contributed by atoms with E-state index in [1.165, 1.54) is 11.7 Å². The third kappa shape index (κ3) is 2.05. The van der Waals surface area contributed by atoms with Gasteiger partial charge in [0.25, 0.3) is 5.56 Å². The summed E-state index contributed by atoms with van der Waals surface area (Å²) in [4.78, 5) is 26.6. The summed E-state index contributed by atoms with van der Waals surface area (Å²) >= 11 is 0. The molecule has 0 saturated carbocycles. The van der Waals surface area contributed by atoms with Crippen LogP contribution in [0.5, 0.6) is 5.75 Å². The molecule has 0 aliphatic carbocycles. The minimum absolute atomic E-state index is 0.227. The Balaban J connectivity index is 3.49. The van der Waals surface area contributed by atoms with Gasteiger partial charge in [-0.2, -0.15) is 0 Å². The van der Waals surface area contributed by atoms with Crippen molar-refractivity contribution in [3.8, 4) is 5.75 Å². The summed E-state index contributed by atoms with van der Waals surface area (Å²) in [6.45, 7) is 1.93. The predicted octanol–water partition coefficient (Wildman–Crippen LogP) is 0.440. The third-order valence-electron chi connectivity index (χ3n) is 2.22. The first-order valence-corrected chi connectivity index (χ1v) is 4.90. The number of aromatic carboxylic acids is 1. The van der Waals surface area contributed by atoms with Gasteiger partial charge in [0, 0.05) is 13.5 Å². The highest BCUT2D eigenvalue weighted by Crippen LogP contribution is 2.11. The van der Waals surface area contributed by atoms with Crippen molar-refractivity contribution in [3.05, 3.63) is 21.9 Å². The normalized spacial score (nSPS) is 10.2. The fourth-order valence-electron chi connectivity index (χ4n) is 1.40. The molecule has 0 aliphatic rings. The maximum atomic E-state index is 11.8. The van der Waals surface area contributed by atoms with Crippen LogP contribution < -0.4 is 10.3 Å². The largest absolute Gasteiger partial charge is 0.489 e. The lowest BCUT2D eigenvalue weighted by atomic mass is 10.3. The molecule has 16 heavy (non-hydrogen) atoms. The van der Waals surface area contributed by atoms with E-state index < -0.39 is 11.5 Å². The second-order valence-corrected chi connectivity index (χ2v) is 3.33. The van der Waals surface area contributed by atoms with Crippen molar-refractivity contribution in [3.63, 3.8) is 0 Å². The van der Waals surface area contributed by atoms with Gasteiger partial charge in [-0.1, -0.05) is 6.92 Å². The molecule has 1 aromatic heterocycles. The van der Waals surface area contributed by atoms with Crippen molar-refractivity contribution in [2.75, 3.05) is 7.11 Å². The van der Waals surface area contributed by atoms with Crippen LogP contribution in [0.4, 0.5) is 0 Å². The lowest BCUT2D eigenvalue weighted by molar-refractivity contribution is 0.0685. The molecular weight excluding hydrogens is 212 g/mol. The number of rotatable bonds is 4. The third-order valence-corrected chi connectivity index (χ3v) is 2.22. The number of hydrogen-bond donors (Lipinski definition) is 1. The molecular formula is C10H14N2O4. The standard InChI is InChI=1S/C10H14N2O4/c1-4-5-6-11-7(10(14)15)8(16-3)9(13)12(6)2/h4-5H2,1-3H3,(H,14,15). The van der Waals surface area contributed by atoms with Gasteiger partial charge >= 0.3 is 5.97 Å². The lowest BCUT2D eigenvalue weighted by Gasteiger charge is -2.10. The van der Waals surface area contributed by atoms with Gasteiger partial charge < -0.3 is 9.84 Å². The second-order valence-electron chi connectivity index (χ2n) is 3.33. The monoisotopic (exact) mass is 226 g/mol. The molecule has 6 heteroatoms. The fraction of sp³-hybridized carbons (Fsp3) is 0.500. The molecule has 0 aromatic carbocycles. The Kier molecular flexibility index (Phi) is 3.65. The van der Waals surface area contributed by atoms with Gasteiger partial charge in [0.05, 0.1) is 7.11 Å². The van der Waals surface area contributed by atoms with Gasteiger partial charge in [-0.3, -0.25) is 9.36 Å². The molecule has 1 heterocycles. The summed E-state index contributed by atoms with van der Waals surface area (Å²) in [5.41, 5.74) is -0.799. The van der Waals surface area contributed by atoms with E-state index >= 15 is 0 Å². The summed E-state index contributed by atoms with van der Waals surface area (Å²) < 4.78 is 6.09. The second kappa shape index (κ2) is 4.78. The van der Waals surface area contributed by atoms with Crippen molar-refractivity contribution in [1.82, 2.24) is 9.55 Å². The van der Waals surface area contributed by atoms with Crippen LogP contribution in [0, 0.1) is 0 Å². The van der Waals surface area contributed by atoms with Gasteiger partial charge in [0.1, 0.15) is 5.82 Å². The quantitative estimate of drug-likeness (QED) is 0.805. The van der Waals surface area contributed by atoms with Crippen molar-refractivity contribution >= 4 is 5.97 Å². The van der Waals surface area contributed by atoms with Gasteiger partial charge in [0.15, 0.2) is 5.69 Å². The molecule has 6 nitrogen and oxygen atoms in total. The Labute approximate surface area is 92.5 Å². The minimum Gasteiger partial charge on any atom is -0.489 e. The lowest BCUT2D eigenvalue weighted by Crippen LogP contribution is -2.26. The zero-order chi connectivity index (χ0) is 12.3. The maximum absolute atomic E-state index is 11.8. The van der Waals surface area contributed by atoms with Crippen LogP contribution >= 0.6 is 0 Å². The summed E-state index contributed by atoms with van der Waals surface area (Å²) in [7, 11) is 2.80. The van der Waals surface area contributed by atoms with Gasteiger partial charge in [0.2, 0.25) is 5.75 Å². The van der Waals surface area contributed by atoms with Crippen molar-refractivity contribution in [2.24, 2.45) is 7.05 Å². The first kappa shape index (κ1) is 12.2. The van der Waals surface area contributed by atoms with E-state index in [0.29, 0.717) is 12.2 Å². The van der Waals surface area contributed by atoms with Crippen LogP contribution in [0.3, 0.4) is 0 Å². The van der Waals surface area contributed by atoms with Gasteiger partial charge in [-0.05, 0) is 6.42 Å². The van der Waals surface area contributed by atoms with Gasteiger partial charge in [-0.15, -0.1) is 0 Å². The van der Waals surface area contributed by atoms with E-state index in [9.17, 15) is 9.59 Å². The number of carbonyl (C=O) groups is 1. The van der Waals surface area contributed by atoms with Crippen LogP contribution in [0.1, 0.15) is 29.7 Å². The van der Waals surface area contributed by atoms with E-state index in [2.05, 4.69) is 4.98 Å². The number of methoxy groups -OCH3 is 1. The van der Waals surface area contributed by atoms with Crippen LogP contribution in [-0.2, 0) is 13.5 Å². The SMILES string of the molecule is CCCc1nc(C(=O)O)c(OC)c(=O)n1C. The van der Waals surface area contributed by atoms with Crippen molar-refractivity contribution in [1.29, 1.82) is 0 Å². The Morgan fingerprint density at radius 3 is 2.62 bits per heavy atom. The molecule has 1 N–H and O–H groups in total. The minimum atomic E-state index is -1.26.